The molecule has 7 nitrogen and oxygen atoms in total. The van der Waals surface area contributed by atoms with Crippen LogP contribution in [-0.4, -0.2) is 32.7 Å². The van der Waals surface area contributed by atoms with Crippen LogP contribution in [0.5, 0.6) is 0 Å². The second-order valence-corrected chi connectivity index (χ2v) is 4.03. The Hall–Kier alpha value is -2.65. The summed E-state index contributed by atoms with van der Waals surface area (Å²) >= 11 is 0. The van der Waals surface area contributed by atoms with Gasteiger partial charge >= 0.3 is 12.2 Å². The minimum Gasteiger partial charge on any atom is -0.338 e. The smallest absolute Gasteiger partial charge is 0.338 e. The monoisotopic (exact) mass is 300 g/mol. The Morgan fingerprint density at radius 1 is 1.24 bits per heavy atom. The van der Waals surface area contributed by atoms with Gasteiger partial charge in [0.15, 0.2) is 0 Å². The Labute approximate surface area is 117 Å². The van der Waals surface area contributed by atoms with Crippen molar-refractivity contribution < 1.29 is 18.0 Å². The van der Waals surface area contributed by atoms with Crippen molar-refractivity contribution in [2.24, 2.45) is 0 Å². The normalized spacial score (nSPS) is 11.2. The zero-order valence-electron chi connectivity index (χ0n) is 10.6. The first-order valence-electron chi connectivity index (χ1n) is 5.87. The molecule has 0 atom stereocenters. The van der Waals surface area contributed by atoms with Gasteiger partial charge in [0.2, 0.25) is 5.82 Å². The molecule has 0 aliphatic carbocycles. The number of nitrogens with one attached hydrogen (secondary N) is 3. The summed E-state index contributed by atoms with van der Waals surface area (Å²) in [4.78, 5) is 17.8. The summed E-state index contributed by atoms with van der Waals surface area (Å²) < 4.78 is 36.8. The van der Waals surface area contributed by atoms with Gasteiger partial charge in [-0.05, 0) is 12.0 Å². The van der Waals surface area contributed by atoms with E-state index in [2.05, 4.69) is 30.8 Å². The van der Waals surface area contributed by atoms with Crippen molar-refractivity contribution >= 4 is 11.7 Å². The molecule has 0 aliphatic rings. The number of aromatic amines is 1. The molecule has 0 aromatic carbocycles. The molecule has 3 N–H and O–H groups in total. The molecule has 2 heterocycles. The highest BCUT2D eigenvalue weighted by Gasteiger charge is 2.34. The van der Waals surface area contributed by atoms with Gasteiger partial charge in [0.1, 0.15) is 0 Å². The highest BCUT2D eigenvalue weighted by atomic mass is 19.4. The number of carbonyl (C=O) groups is 1. The van der Waals surface area contributed by atoms with Crippen molar-refractivity contribution in [1.29, 1.82) is 0 Å². The van der Waals surface area contributed by atoms with Gasteiger partial charge < -0.3 is 10.6 Å². The van der Waals surface area contributed by atoms with Gasteiger partial charge in [-0.3, -0.25) is 5.10 Å². The van der Waals surface area contributed by atoms with Crippen LogP contribution in [0.15, 0.2) is 24.8 Å². The molecule has 0 aliphatic heterocycles. The molecule has 2 aromatic heterocycles. The van der Waals surface area contributed by atoms with E-state index in [1.54, 1.807) is 12.4 Å². The molecule has 10 heteroatoms. The van der Waals surface area contributed by atoms with Gasteiger partial charge in [0.05, 0.1) is 24.3 Å². The standard InChI is InChI=1S/C11H11F3N6O/c12-11(13,14)9-16-5-8(6-17-9)20-10(21)15-2-1-7-3-18-19-4-7/h3-6H,1-2H2,(H,18,19)(H2,15,20,21). The zero-order valence-corrected chi connectivity index (χ0v) is 10.6. The van der Waals surface area contributed by atoms with Crippen molar-refractivity contribution in [1.82, 2.24) is 25.5 Å². The second-order valence-electron chi connectivity index (χ2n) is 4.03. The van der Waals surface area contributed by atoms with Crippen LogP contribution >= 0.6 is 0 Å². The van der Waals surface area contributed by atoms with Crippen molar-refractivity contribution in [3.63, 3.8) is 0 Å². The zero-order chi connectivity index (χ0) is 15.3. The number of H-pyrrole nitrogens is 1. The second kappa shape index (κ2) is 6.20. The van der Waals surface area contributed by atoms with E-state index >= 15 is 0 Å². The molecular formula is C11H11F3N6O. The number of urea groups is 1. The third-order valence-corrected chi connectivity index (χ3v) is 2.42. The summed E-state index contributed by atoms with van der Waals surface area (Å²) in [6.07, 6.45) is 1.09. The van der Waals surface area contributed by atoms with Gasteiger partial charge in [-0.2, -0.15) is 18.3 Å². The molecule has 2 amide bonds. The predicted molar refractivity (Wildman–Crippen MR) is 66.3 cm³/mol. The Balaban J connectivity index is 1.79. The largest absolute Gasteiger partial charge is 0.451 e. The lowest BCUT2D eigenvalue weighted by Gasteiger charge is -2.08. The van der Waals surface area contributed by atoms with Gasteiger partial charge in [0.25, 0.3) is 0 Å². The Kier molecular flexibility index (Phi) is 4.36. The van der Waals surface area contributed by atoms with Crippen molar-refractivity contribution in [2.45, 2.75) is 12.6 Å². The molecule has 0 saturated heterocycles. The maximum Gasteiger partial charge on any atom is 0.451 e. The van der Waals surface area contributed by atoms with E-state index in [4.69, 9.17) is 0 Å². The average molecular weight is 300 g/mol. The number of rotatable bonds is 4. The number of halogens is 3. The molecule has 0 saturated carbocycles. The van der Waals surface area contributed by atoms with Crippen LogP contribution in [0.25, 0.3) is 0 Å². The minimum atomic E-state index is -4.61. The molecule has 0 bridgehead atoms. The summed E-state index contributed by atoms with van der Waals surface area (Å²) in [6, 6.07) is -0.554. The van der Waals surface area contributed by atoms with E-state index in [-0.39, 0.29) is 5.69 Å². The van der Waals surface area contributed by atoms with Gasteiger partial charge in [-0.1, -0.05) is 0 Å². The number of nitrogens with zero attached hydrogens (tertiary/aromatic N) is 3. The molecule has 2 aromatic rings. The van der Waals surface area contributed by atoms with Crippen molar-refractivity contribution in [2.75, 3.05) is 11.9 Å². The van der Waals surface area contributed by atoms with E-state index in [0.717, 1.165) is 18.0 Å². The SMILES string of the molecule is O=C(NCCc1cn[nH]c1)Nc1cnc(C(F)(F)F)nc1. The fraction of sp³-hybridized carbons (Fsp3) is 0.273. The maximum absolute atomic E-state index is 12.3. The van der Waals surface area contributed by atoms with E-state index in [1.165, 1.54) is 0 Å². The fourth-order valence-corrected chi connectivity index (χ4v) is 1.45. The summed E-state index contributed by atoms with van der Waals surface area (Å²) in [6.45, 7) is 0.354. The summed E-state index contributed by atoms with van der Waals surface area (Å²) in [5.41, 5.74) is 0.997. The van der Waals surface area contributed by atoms with Crippen LogP contribution in [0.3, 0.4) is 0 Å². The van der Waals surface area contributed by atoms with Crippen LogP contribution < -0.4 is 10.6 Å². The van der Waals surface area contributed by atoms with Crippen LogP contribution in [0.4, 0.5) is 23.7 Å². The third kappa shape index (κ3) is 4.44. The Bertz CT molecular complexity index is 581. The van der Waals surface area contributed by atoms with Crippen LogP contribution in [0, 0.1) is 0 Å². The Morgan fingerprint density at radius 2 is 1.95 bits per heavy atom. The quantitative estimate of drug-likeness (QED) is 0.799. The van der Waals surface area contributed by atoms with E-state index in [0.29, 0.717) is 13.0 Å². The lowest BCUT2D eigenvalue weighted by Crippen LogP contribution is -2.30. The first-order chi connectivity index (χ1) is 9.95. The first-order valence-corrected chi connectivity index (χ1v) is 5.87. The van der Waals surface area contributed by atoms with E-state index in [9.17, 15) is 18.0 Å². The number of hydrogen-bond donors (Lipinski definition) is 3. The number of hydrogen-bond acceptors (Lipinski definition) is 4. The number of amides is 2. The summed E-state index contributed by atoms with van der Waals surface area (Å²) in [7, 11) is 0. The lowest BCUT2D eigenvalue weighted by atomic mass is 10.2. The number of alkyl halides is 3. The average Bonchev–Trinajstić information content (AvgIpc) is 2.91. The van der Waals surface area contributed by atoms with Crippen molar-refractivity contribution in [3.8, 4) is 0 Å². The van der Waals surface area contributed by atoms with Crippen LogP contribution in [0.2, 0.25) is 0 Å². The summed E-state index contributed by atoms with van der Waals surface area (Å²) in [5.74, 6) is -1.26. The number of anilines is 1. The topological polar surface area (TPSA) is 95.6 Å². The maximum atomic E-state index is 12.3. The van der Waals surface area contributed by atoms with Gasteiger partial charge in [0, 0.05) is 12.7 Å². The van der Waals surface area contributed by atoms with Gasteiger partial charge in [-0.25, -0.2) is 14.8 Å². The molecule has 0 fully saturated rings. The van der Waals surface area contributed by atoms with E-state index < -0.39 is 18.0 Å². The molecule has 0 radical (unpaired) electrons. The lowest BCUT2D eigenvalue weighted by molar-refractivity contribution is -0.144. The number of carbonyl (C=O) groups excluding carboxylic acids is 1. The molecule has 0 spiro atoms. The van der Waals surface area contributed by atoms with Crippen molar-refractivity contribution in [3.05, 3.63) is 36.2 Å². The van der Waals surface area contributed by atoms with Crippen LogP contribution in [-0.2, 0) is 12.6 Å². The van der Waals surface area contributed by atoms with Gasteiger partial charge in [-0.15, -0.1) is 0 Å². The fourth-order valence-electron chi connectivity index (χ4n) is 1.45. The minimum absolute atomic E-state index is 0.0730. The first kappa shape index (κ1) is 14.8. The third-order valence-electron chi connectivity index (χ3n) is 2.42. The molecule has 2 rings (SSSR count). The Morgan fingerprint density at radius 3 is 2.52 bits per heavy atom. The highest BCUT2D eigenvalue weighted by Crippen LogP contribution is 2.25. The number of aromatic nitrogens is 4. The predicted octanol–water partition coefficient (Wildman–Crippen LogP) is 1.58. The molecular weight excluding hydrogens is 289 g/mol. The summed E-state index contributed by atoms with van der Waals surface area (Å²) in [5, 5.41) is 11.3. The van der Waals surface area contributed by atoms with Crippen LogP contribution in [0.1, 0.15) is 11.4 Å². The molecule has 112 valence electrons. The molecule has 0 unspecified atom stereocenters. The highest BCUT2D eigenvalue weighted by molar-refractivity contribution is 5.88. The van der Waals surface area contributed by atoms with E-state index in [1.807, 2.05) is 0 Å². The molecule has 21 heavy (non-hydrogen) atoms.